The lowest BCUT2D eigenvalue weighted by molar-refractivity contribution is -0.0123. The van der Waals surface area contributed by atoms with Gasteiger partial charge in [-0.1, -0.05) is 30.3 Å². The highest BCUT2D eigenvalue weighted by atomic mass is 16.6. The molecule has 0 saturated carbocycles. The summed E-state index contributed by atoms with van der Waals surface area (Å²) in [7, 11) is 0. The van der Waals surface area contributed by atoms with E-state index >= 15 is 0 Å². The number of β-amino-alcohol motifs (C(OH)–C–C–N with tert-alkyl or cyclic N) is 1. The predicted octanol–water partition coefficient (Wildman–Crippen LogP) is 2.34. The van der Waals surface area contributed by atoms with Crippen LogP contribution < -0.4 is 0 Å². The highest BCUT2D eigenvalue weighted by Gasteiger charge is 2.31. The fourth-order valence-electron chi connectivity index (χ4n) is 2.13. The molecule has 1 amide bonds. The zero-order chi connectivity index (χ0) is 13.2. The minimum Gasteiger partial charge on any atom is -0.441 e. The van der Waals surface area contributed by atoms with Crippen LogP contribution in [-0.4, -0.2) is 34.8 Å². The zero-order valence-electron chi connectivity index (χ0n) is 10.8. The molecule has 98 valence electrons. The molecule has 1 aliphatic heterocycles. The van der Waals surface area contributed by atoms with Crippen molar-refractivity contribution in [1.29, 1.82) is 0 Å². The van der Waals surface area contributed by atoms with E-state index in [-0.39, 0.29) is 12.2 Å². The van der Waals surface area contributed by atoms with Gasteiger partial charge in [-0.15, -0.1) is 0 Å². The predicted molar refractivity (Wildman–Crippen MR) is 68.2 cm³/mol. The van der Waals surface area contributed by atoms with Gasteiger partial charge in [-0.05, 0) is 19.4 Å². The average molecular weight is 249 g/mol. The number of aliphatic hydroxyl groups is 1. The third-order valence-electron chi connectivity index (χ3n) is 2.91. The summed E-state index contributed by atoms with van der Waals surface area (Å²) in [5.41, 5.74) is 0.132. The molecule has 0 aromatic heterocycles. The van der Waals surface area contributed by atoms with E-state index in [0.29, 0.717) is 13.1 Å². The van der Waals surface area contributed by atoms with E-state index in [2.05, 4.69) is 0 Å². The van der Waals surface area contributed by atoms with E-state index in [4.69, 9.17) is 4.74 Å². The van der Waals surface area contributed by atoms with Gasteiger partial charge in [-0.2, -0.15) is 0 Å². The molecule has 1 heterocycles. The van der Waals surface area contributed by atoms with Crippen LogP contribution in [-0.2, 0) is 4.74 Å². The highest BCUT2D eigenvalue weighted by molar-refractivity contribution is 5.68. The first-order chi connectivity index (χ1) is 8.46. The van der Waals surface area contributed by atoms with Gasteiger partial charge in [0, 0.05) is 13.0 Å². The van der Waals surface area contributed by atoms with Gasteiger partial charge in [-0.25, -0.2) is 4.79 Å². The Bertz CT molecular complexity index is 411. The number of amides is 1. The first-order valence-electron chi connectivity index (χ1n) is 6.18. The molecule has 0 radical (unpaired) electrons. The van der Waals surface area contributed by atoms with Gasteiger partial charge in [0.05, 0.1) is 12.1 Å². The lowest BCUT2D eigenvalue weighted by Gasteiger charge is -2.35. The van der Waals surface area contributed by atoms with Crippen molar-refractivity contribution in [3.8, 4) is 0 Å². The summed E-state index contributed by atoms with van der Waals surface area (Å²) in [6.07, 6.45) is 0.236. The number of nitrogens with zero attached hydrogens (tertiary/aromatic N) is 1. The number of cyclic esters (lactones) is 1. The summed E-state index contributed by atoms with van der Waals surface area (Å²) < 4.78 is 5.41. The number of hydrogen-bond donors (Lipinski definition) is 1. The minimum absolute atomic E-state index is 0.170. The smallest absolute Gasteiger partial charge is 0.410 e. The second kappa shape index (κ2) is 4.98. The molecule has 0 aliphatic carbocycles. The van der Waals surface area contributed by atoms with Gasteiger partial charge >= 0.3 is 6.09 Å². The highest BCUT2D eigenvalue weighted by Crippen LogP contribution is 2.27. The maximum absolute atomic E-state index is 11.8. The topological polar surface area (TPSA) is 49.8 Å². The summed E-state index contributed by atoms with van der Waals surface area (Å²) in [5, 5.41) is 9.72. The van der Waals surface area contributed by atoms with E-state index in [9.17, 15) is 9.90 Å². The molecule has 0 bridgehead atoms. The number of rotatable bonds is 3. The van der Waals surface area contributed by atoms with Crippen LogP contribution in [0.2, 0.25) is 0 Å². The Kier molecular flexibility index (Phi) is 3.57. The van der Waals surface area contributed by atoms with Crippen molar-refractivity contribution >= 4 is 6.09 Å². The maximum Gasteiger partial charge on any atom is 0.410 e. The van der Waals surface area contributed by atoms with Crippen molar-refractivity contribution in [3.63, 3.8) is 0 Å². The maximum atomic E-state index is 11.8. The normalized spacial score (nSPS) is 20.7. The third-order valence-corrected chi connectivity index (χ3v) is 2.91. The SMILES string of the molecule is CC(C)(O)CN1CCC(c2ccccc2)OC1=O. The zero-order valence-corrected chi connectivity index (χ0v) is 10.8. The van der Waals surface area contributed by atoms with Crippen LogP contribution in [0.4, 0.5) is 4.79 Å². The van der Waals surface area contributed by atoms with E-state index in [1.54, 1.807) is 18.7 Å². The van der Waals surface area contributed by atoms with Crippen molar-refractivity contribution < 1.29 is 14.6 Å². The molecule has 2 rings (SSSR count). The molecule has 0 spiro atoms. The number of ether oxygens (including phenoxy) is 1. The van der Waals surface area contributed by atoms with Crippen LogP contribution >= 0.6 is 0 Å². The second-order valence-electron chi connectivity index (χ2n) is 5.31. The standard InChI is InChI=1S/C14H19NO3/c1-14(2,17)10-15-9-8-12(18-13(15)16)11-6-4-3-5-7-11/h3-7,12,17H,8-10H2,1-2H3. The van der Waals surface area contributed by atoms with Gasteiger partial charge in [0.15, 0.2) is 0 Å². The Balaban J connectivity index is 1.99. The molecule has 1 N–H and O–H groups in total. The van der Waals surface area contributed by atoms with Crippen LogP contribution in [0.3, 0.4) is 0 Å². The third kappa shape index (κ3) is 3.23. The molecular weight excluding hydrogens is 230 g/mol. The summed E-state index contributed by atoms with van der Waals surface area (Å²) in [4.78, 5) is 13.4. The largest absolute Gasteiger partial charge is 0.441 e. The van der Waals surface area contributed by atoms with Crippen molar-refractivity contribution in [2.24, 2.45) is 0 Å². The number of benzene rings is 1. The Hall–Kier alpha value is -1.55. The lowest BCUT2D eigenvalue weighted by Crippen LogP contribution is -2.46. The molecule has 1 aromatic rings. The monoisotopic (exact) mass is 249 g/mol. The van der Waals surface area contributed by atoms with Crippen molar-refractivity contribution in [2.45, 2.75) is 32.0 Å². The molecule has 1 aromatic carbocycles. The molecule has 1 unspecified atom stereocenters. The first-order valence-corrected chi connectivity index (χ1v) is 6.18. The molecular formula is C14H19NO3. The van der Waals surface area contributed by atoms with Crippen LogP contribution in [0.25, 0.3) is 0 Å². The van der Waals surface area contributed by atoms with Gasteiger partial charge in [-0.3, -0.25) is 0 Å². The summed E-state index contributed by atoms with van der Waals surface area (Å²) >= 11 is 0. The molecule has 4 nitrogen and oxygen atoms in total. The van der Waals surface area contributed by atoms with Crippen molar-refractivity contribution in [3.05, 3.63) is 35.9 Å². The Morgan fingerprint density at radius 2 is 2.06 bits per heavy atom. The van der Waals surface area contributed by atoms with Crippen LogP contribution in [0, 0.1) is 0 Å². The molecule has 18 heavy (non-hydrogen) atoms. The van der Waals surface area contributed by atoms with E-state index in [1.807, 2.05) is 30.3 Å². The summed E-state index contributed by atoms with van der Waals surface area (Å²) in [6, 6.07) is 9.74. The number of hydrogen-bond acceptors (Lipinski definition) is 3. The lowest BCUT2D eigenvalue weighted by atomic mass is 10.0. The fourth-order valence-corrected chi connectivity index (χ4v) is 2.13. The molecule has 1 atom stereocenters. The van der Waals surface area contributed by atoms with Crippen molar-refractivity contribution in [1.82, 2.24) is 4.90 Å². The Morgan fingerprint density at radius 3 is 2.61 bits per heavy atom. The Labute approximate surface area is 107 Å². The molecule has 1 saturated heterocycles. The Morgan fingerprint density at radius 1 is 1.39 bits per heavy atom. The van der Waals surface area contributed by atoms with Gasteiger partial charge in [0.25, 0.3) is 0 Å². The quantitative estimate of drug-likeness (QED) is 0.894. The fraction of sp³-hybridized carbons (Fsp3) is 0.500. The van der Waals surface area contributed by atoms with E-state index < -0.39 is 5.60 Å². The van der Waals surface area contributed by atoms with Gasteiger partial charge in [0.2, 0.25) is 0 Å². The summed E-state index contributed by atoms with van der Waals surface area (Å²) in [5.74, 6) is 0. The van der Waals surface area contributed by atoms with E-state index in [1.165, 1.54) is 0 Å². The first kappa shape index (κ1) is 12.9. The minimum atomic E-state index is -0.890. The second-order valence-corrected chi connectivity index (χ2v) is 5.31. The van der Waals surface area contributed by atoms with Crippen LogP contribution in [0.5, 0.6) is 0 Å². The van der Waals surface area contributed by atoms with Gasteiger partial charge in [0.1, 0.15) is 6.10 Å². The van der Waals surface area contributed by atoms with Crippen molar-refractivity contribution in [2.75, 3.05) is 13.1 Å². The average Bonchev–Trinajstić information content (AvgIpc) is 2.31. The van der Waals surface area contributed by atoms with E-state index in [0.717, 1.165) is 12.0 Å². The number of carbonyl (C=O) groups excluding carboxylic acids is 1. The molecule has 4 heteroatoms. The van der Waals surface area contributed by atoms with Crippen LogP contribution in [0.1, 0.15) is 31.9 Å². The number of carbonyl (C=O) groups is 1. The van der Waals surface area contributed by atoms with Crippen LogP contribution in [0.15, 0.2) is 30.3 Å². The summed E-state index contributed by atoms with van der Waals surface area (Å²) in [6.45, 7) is 4.28. The molecule has 1 aliphatic rings. The van der Waals surface area contributed by atoms with Gasteiger partial charge < -0.3 is 14.7 Å². The molecule has 1 fully saturated rings.